The molecule has 1 saturated carbocycles. The number of halogens is 1. The lowest BCUT2D eigenvalue weighted by atomic mass is 9.72. The highest BCUT2D eigenvalue weighted by Gasteiger charge is 2.59. The highest BCUT2D eigenvalue weighted by atomic mass is 19.1. The molecule has 0 spiro atoms. The van der Waals surface area contributed by atoms with Crippen LogP contribution in [0, 0.1) is 17.2 Å². The number of hydrogen-bond acceptors (Lipinski definition) is 1. The van der Waals surface area contributed by atoms with Crippen LogP contribution >= 0.6 is 0 Å². The fraction of sp³-hybridized carbons (Fsp3) is 0.174. The van der Waals surface area contributed by atoms with Crippen LogP contribution in [0.5, 0.6) is 0 Å². The molecule has 1 nitrogen and oxygen atoms in total. The van der Waals surface area contributed by atoms with Gasteiger partial charge in [-0.2, -0.15) is 0 Å². The van der Waals surface area contributed by atoms with Crippen molar-refractivity contribution < 1.29 is 9.18 Å². The van der Waals surface area contributed by atoms with Crippen LogP contribution in [0.1, 0.15) is 29.5 Å². The topological polar surface area (TPSA) is 17.1 Å². The molecule has 2 aromatic rings. The van der Waals surface area contributed by atoms with Gasteiger partial charge >= 0.3 is 0 Å². The molecule has 0 radical (unpaired) electrons. The van der Waals surface area contributed by atoms with Crippen LogP contribution in [0.4, 0.5) is 4.39 Å². The lowest BCUT2D eigenvalue weighted by molar-refractivity contribution is -0.104. The van der Waals surface area contributed by atoms with Gasteiger partial charge in [-0.25, -0.2) is 4.39 Å². The molecule has 2 aromatic carbocycles. The molecule has 0 amide bonds. The number of allylic oxidation sites excluding steroid dienone is 5. The standard InChI is InChI=1S/C23H17FO/c24-17-11-7-15(8-12-17)22-19-5-2-1-4-18(19)21-14-23(21,16-9-10-16)20(22)6-3-13-25/h1-8,11-14,16H,9-10H2/b6-3+. The summed E-state index contributed by atoms with van der Waals surface area (Å²) in [6.07, 6.45) is 9.18. The minimum absolute atomic E-state index is 0.0302. The van der Waals surface area contributed by atoms with Gasteiger partial charge in [0.1, 0.15) is 12.1 Å². The predicted molar refractivity (Wildman–Crippen MR) is 97.2 cm³/mol. The van der Waals surface area contributed by atoms with Crippen LogP contribution in [0.3, 0.4) is 0 Å². The molecule has 1 atom stereocenters. The number of hydrogen-bond donors (Lipinski definition) is 0. The van der Waals surface area contributed by atoms with E-state index in [1.807, 2.05) is 24.3 Å². The summed E-state index contributed by atoms with van der Waals surface area (Å²) in [4.78, 5) is 11.0. The maximum Gasteiger partial charge on any atom is 0.142 e. The first kappa shape index (κ1) is 14.6. The predicted octanol–water partition coefficient (Wildman–Crippen LogP) is 5.19. The van der Waals surface area contributed by atoms with Crippen LogP contribution in [0.15, 0.2) is 72.3 Å². The molecule has 2 heteroatoms. The Kier molecular flexibility index (Phi) is 2.99. The molecule has 122 valence electrons. The van der Waals surface area contributed by atoms with E-state index in [9.17, 15) is 9.18 Å². The Bertz CT molecular complexity index is 973. The van der Waals surface area contributed by atoms with Crippen molar-refractivity contribution in [2.45, 2.75) is 12.8 Å². The van der Waals surface area contributed by atoms with Crippen LogP contribution in [0.2, 0.25) is 0 Å². The summed E-state index contributed by atoms with van der Waals surface area (Å²) in [5.74, 6) is 0.387. The second kappa shape index (κ2) is 5.13. The lowest BCUT2D eigenvalue weighted by Crippen LogP contribution is -2.18. The maximum absolute atomic E-state index is 13.5. The SMILES string of the molecule is O=C/C=C/C1=C(c2ccc(F)cc2)c2ccccc2C2=CC21C1CC1. The molecule has 0 saturated heterocycles. The smallest absolute Gasteiger partial charge is 0.142 e. The molecule has 0 bridgehead atoms. The second-order valence-electron chi connectivity index (χ2n) is 7.04. The molecule has 25 heavy (non-hydrogen) atoms. The average Bonchev–Trinajstić information content (AvgIpc) is 3.53. The van der Waals surface area contributed by atoms with Gasteiger partial charge in [0.15, 0.2) is 0 Å². The van der Waals surface area contributed by atoms with Crippen molar-refractivity contribution in [3.05, 3.63) is 94.8 Å². The molecule has 0 heterocycles. The van der Waals surface area contributed by atoms with Crippen molar-refractivity contribution >= 4 is 17.4 Å². The Hall–Kier alpha value is -2.74. The molecular formula is C23H17FO. The normalized spacial score (nSPS) is 24.0. The first-order valence-electron chi connectivity index (χ1n) is 8.71. The molecule has 1 fully saturated rings. The molecule has 0 aliphatic heterocycles. The third-order valence-corrected chi connectivity index (χ3v) is 5.63. The molecule has 5 rings (SSSR count). The summed E-state index contributed by atoms with van der Waals surface area (Å²) >= 11 is 0. The van der Waals surface area contributed by atoms with E-state index in [2.05, 4.69) is 24.3 Å². The second-order valence-corrected chi connectivity index (χ2v) is 7.04. The van der Waals surface area contributed by atoms with E-state index in [0.29, 0.717) is 5.92 Å². The number of benzene rings is 2. The van der Waals surface area contributed by atoms with E-state index in [0.717, 1.165) is 17.4 Å². The summed E-state index contributed by atoms with van der Waals surface area (Å²) in [5.41, 5.74) is 7.11. The highest BCUT2D eigenvalue weighted by Crippen LogP contribution is 2.71. The first-order valence-corrected chi connectivity index (χ1v) is 8.71. The van der Waals surface area contributed by atoms with Crippen LogP contribution in [-0.2, 0) is 4.79 Å². The van der Waals surface area contributed by atoms with E-state index in [1.165, 1.54) is 47.2 Å². The van der Waals surface area contributed by atoms with Gasteiger partial charge < -0.3 is 0 Å². The average molecular weight is 328 g/mol. The molecule has 0 aromatic heterocycles. The Morgan fingerprint density at radius 2 is 1.72 bits per heavy atom. The van der Waals surface area contributed by atoms with Gasteiger partial charge in [-0.1, -0.05) is 48.6 Å². The Labute approximate surface area is 146 Å². The summed E-state index contributed by atoms with van der Waals surface area (Å²) in [6.45, 7) is 0. The van der Waals surface area contributed by atoms with Gasteiger partial charge in [0.25, 0.3) is 0 Å². The van der Waals surface area contributed by atoms with Gasteiger partial charge in [0.2, 0.25) is 0 Å². The molecule has 3 aliphatic carbocycles. The summed E-state index contributed by atoms with van der Waals surface area (Å²) in [7, 11) is 0. The van der Waals surface area contributed by atoms with Crippen molar-refractivity contribution in [2.75, 3.05) is 0 Å². The van der Waals surface area contributed by atoms with Crippen molar-refractivity contribution in [1.82, 2.24) is 0 Å². The number of aldehydes is 1. The quantitative estimate of drug-likeness (QED) is 0.557. The van der Waals surface area contributed by atoms with Gasteiger partial charge in [-0.05, 0) is 70.4 Å². The lowest BCUT2D eigenvalue weighted by Gasteiger charge is -2.30. The number of carbonyl (C=O) groups excluding carboxylic acids is 1. The van der Waals surface area contributed by atoms with Crippen LogP contribution < -0.4 is 0 Å². The van der Waals surface area contributed by atoms with E-state index in [-0.39, 0.29) is 11.2 Å². The van der Waals surface area contributed by atoms with Gasteiger partial charge in [0, 0.05) is 5.41 Å². The van der Waals surface area contributed by atoms with Crippen molar-refractivity contribution in [3.8, 4) is 0 Å². The van der Waals surface area contributed by atoms with E-state index < -0.39 is 0 Å². The van der Waals surface area contributed by atoms with Gasteiger partial charge in [-0.3, -0.25) is 4.79 Å². The first-order chi connectivity index (χ1) is 12.3. The zero-order valence-electron chi connectivity index (χ0n) is 13.7. The minimum atomic E-state index is -0.236. The zero-order chi connectivity index (χ0) is 17.0. The Morgan fingerprint density at radius 1 is 1.00 bits per heavy atom. The molecular weight excluding hydrogens is 311 g/mol. The Morgan fingerprint density at radius 3 is 2.40 bits per heavy atom. The van der Waals surface area contributed by atoms with Crippen LogP contribution in [0.25, 0.3) is 11.1 Å². The molecule has 0 N–H and O–H groups in total. The van der Waals surface area contributed by atoms with Crippen LogP contribution in [-0.4, -0.2) is 6.29 Å². The number of rotatable bonds is 4. The van der Waals surface area contributed by atoms with E-state index in [4.69, 9.17) is 0 Å². The number of carbonyl (C=O) groups is 1. The summed E-state index contributed by atoms with van der Waals surface area (Å²) in [6, 6.07) is 15.1. The fourth-order valence-electron chi connectivity index (χ4n) is 4.38. The van der Waals surface area contributed by atoms with E-state index >= 15 is 0 Å². The number of fused-ring (bicyclic) bond motifs is 3. The summed E-state index contributed by atoms with van der Waals surface area (Å²) in [5, 5.41) is 0. The minimum Gasteiger partial charge on any atom is -0.299 e. The molecule has 1 unspecified atom stereocenters. The third kappa shape index (κ3) is 2.03. The monoisotopic (exact) mass is 328 g/mol. The maximum atomic E-state index is 13.5. The van der Waals surface area contributed by atoms with Gasteiger partial charge in [0.05, 0.1) is 0 Å². The summed E-state index contributed by atoms with van der Waals surface area (Å²) < 4.78 is 13.5. The Balaban J connectivity index is 1.81. The fourth-order valence-corrected chi connectivity index (χ4v) is 4.38. The van der Waals surface area contributed by atoms with Crippen molar-refractivity contribution in [3.63, 3.8) is 0 Å². The van der Waals surface area contributed by atoms with Crippen molar-refractivity contribution in [1.29, 1.82) is 0 Å². The van der Waals surface area contributed by atoms with E-state index in [1.54, 1.807) is 6.08 Å². The zero-order valence-corrected chi connectivity index (χ0v) is 13.7. The third-order valence-electron chi connectivity index (χ3n) is 5.63. The van der Waals surface area contributed by atoms with Crippen molar-refractivity contribution in [2.24, 2.45) is 11.3 Å². The highest BCUT2D eigenvalue weighted by molar-refractivity contribution is 6.05. The molecule has 3 aliphatic rings. The largest absolute Gasteiger partial charge is 0.299 e. The van der Waals surface area contributed by atoms with Gasteiger partial charge in [-0.15, -0.1) is 0 Å².